The zero-order valence-electron chi connectivity index (χ0n) is 9.27. The molecular weight excluding hydrogens is 196 g/mol. The summed E-state index contributed by atoms with van der Waals surface area (Å²) in [4.78, 5) is 7.52. The Morgan fingerprint density at radius 3 is 3.00 bits per heavy atom. The largest absolute Gasteiger partial charge is 0.361 e. The molecule has 0 unspecified atom stereocenters. The van der Waals surface area contributed by atoms with Gasteiger partial charge in [-0.15, -0.1) is 0 Å². The lowest BCUT2D eigenvalue weighted by Crippen LogP contribution is -1.97. The van der Waals surface area contributed by atoms with Gasteiger partial charge >= 0.3 is 0 Å². The zero-order valence-corrected chi connectivity index (χ0v) is 9.27. The van der Waals surface area contributed by atoms with Gasteiger partial charge in [0.2, 0.25) is 0 Å². The molecule has 80 valence electrons. The molecule has 0 radical (unpaired) electrons. The highest BCUT2D eigenvalue weighted by Gasteiger charge is 2.05. The molecule has 0 bridgehead atoms. The number of nitrogens with zero attached hydrogens (tertiary/aromatic N) is 1. The van der Waals surface area contributed by atoms with Crippen LogP contribution in [0.3, 0.4) is 0 Å². The fraction of sp³-hybridized carbons (Fsp3) is 0.0714. The lowest BCUT2D eigenvalue weighted by molar-refractivity contribution is 1.46. The molecule has 16 heavy (non-hydrogen) atoms. The van der Waals surface area contributed by atoms with E-state index < -0.39 is 0 Å². The van der Waals surface area contributed by atoms with Crippen LogP contribution in [0.4, 0.5) is 0 Å². The number of aromatic amines is 1. The molecule has 2 rings (SSSR count). The van der Waals surface area contributed by atoms with Crippen molar-refractivity contribution in [2.24, 2.45) is 4.99 Å². The summed E-state index contributed by atoms with van der Waals surface area (Å²) in [6.07, 6.45) is 7.47. The van der Waals surface area contributed by atoms with Crippen molar-refractivity contribution < 1.29 is 0 Å². The van der Waals surface area contributed by atoms with Crippen LogP contribution in [-0.2, 0) is 0 Å². The number of para-hydroxylation sites is 1. The summed E-state index contributed by atoms with van der Waals surface area (Å²) in [5.74, 6) is 0. The third-order valence-electron chi connectivity index (χ3n) is 2.42. The van der Waals surface area contributed by atoms with Crippen molar-refractivity contribution in [2.45, 2.75) is 6.92 Å². The summed E-state index contributed by atoms with van der Waals surface area (Å²) in [6.45, 7) is 5.62. The van der Waals surface area contributed by atoms with E-state index in [1.165, 1.54) is 5.39 Å². The summed E-state index contributed by atoms with van der Waals surface area (Å²) in [6, 6.07) is 8.23. The molecule has 0 aliphatic rings. The number of allylic oxidation sites excluding steroid dienone is 2. The van der Waals surface area contributed by atoms with Crippen molar-refractivity contribution >= 4 is 16.6 Å². The van der Waals surface area contributed by atoms with E-state index in [4.69, 9.17) is 0 Å². The number of aliphatic imine (C=N–C) groups is 1. The van der Waals surface area contributed by atoms with Gasteiger partial charge in [-0.05, 0) is 19.1 Å². The molecule has 2 heteroatoms. The molecule has 1 heterocycles. The smallest absolute Gasteiger partial charge is 0.0719 e. The molecule has 1 aromatic heterocycles. The first-order chi connectivity index (χ1) is 7.86. The van der Waals surface area contributed by atoms with Gasteiger partial charge in [-0.1, -0.05) is 30.9 Å². The van der Waals surface area contributed by atoms with E-state index in [9.17, 15) is 0 Å². The Bertz CT molecular complexity index is 559. The molecule has 0 aliphatic heterocycles. The van der Waals surface area contributed by atoms with E-state index in [0.717, 1.165) is 16.8 Å². The van der Waals surface area contributed by atoms with Gasteiger partial charge in [0.1, 0.15) is 0 Å². The molecular formula is C14H14N2. The van der Waals surface area contributed by atoms with Crippen LogP contribution in [0.1, 0.15) is 12.5 Å². The number of H-pyrrole nitrogens is 1. The Balaban J connectivity index is 2.64. The highest BCUT2D eigenvalue weighted by Crippen LogP contribution is 2.18. The van der Waals surface area contributed by atoms with Gasteiger partial charge in [-0.2, -0.15) is 0 Å². The number of fused-ring (bicyclic) bond motifs is 1. The Morgan fingerprint density at radius 1 is 1.38 bits per heavy atom. The first-order valence-electron chi connectivity index (χ1n) is 5.24. The normalized spacial score (nSPS) is 12.4. The Kier molecular flexibility index (Phi) is 3.01. The predicted octanol–water partition coefficient (Wildman–Crippen LogP) is 3.68. The van der Waals surface area contributed by atoms with Crippen molar-refractivity contribution in [2.75, 3.05) is 0 Å². The Morgan fingerprint density at radius 2 is 2.25 bits per heavy atom. The number of aromatic nitrogens is 1. The first-order valence-corrected chi connectivity index (χ1v) is 5.24. The second-order valence-electron chi connectivity index (χ2n) is 3.44. The molecule has 0 saturated carbocycles. The van der Waals surface area contributed by atoms with Crippen LogP contribution in [0.25, 0.3) is 10.9 Å². The van der Waals surface area contributed by atoms with Gasteiger partial charge in [0.25, 0.3) is 0 Å². The molecule has 0 saturated heterocycles. The lowest BCUT2D eigenvalue weighted by atomic mass is 10.1. The third-order valence-corrected chi connectivity index (χ3v) is 2.42. The maximum atomic E-state index is 4.29. The van der Waals surface area contributed by atoms with Gasteiger partial charge < -0.3 is 4.98 Å². The quantitative estimate of drug-likeness (QED) is 0.749. The van der Waals surface area contributed by atoms with Crippen LogP contribution in [0.15, 0.2) is 60.4 Å². The molecule has 0 atom stereocenters. The van der Waals surface area contributed by atoms with Gasteiger partial charge in [0.15, 0.2) is 0 Å². The van der Waals surface area contributed by atoms with Crippen LogP contribution >= 0.6 is 0 Å². The van der Waals surface area contributed by atoms with E-state index in [1.54, 1.807) is 6.20 Å². The monoisotopic (exact) mass is 210 g/mol. The van der Waals surface area contributed by atoms with Crippen molar-refractivity contribution in [3.63, 3.8) is 0 Å². The molecule has 0 aliphatic carbocycles. The Hall–Kier alpha value is -2.09. The zero-order chi connectivity index (χ0) is 11.4. The van der Waals surface area contributed by atoms with Crippen molar-refractivity contribution in [3.8, 4) is 0 Å². The number of rotatable bonds is 3. The average Bonchev–Trinajstić information content (AvgIpc) is 2.76. The van der Waals surface area contributed by atoms with Crippen LogP contribution in [0, 0.1) is 0 Å². The van der Waals surface area contributed by atoms with Crippen LogP contribution < -0.4 is 0 Å². The Labute approximate surface area is 95.0 Å². The maximum absolute atomic E-state index is 4.29. The summed E-state index contributed by atoms with van der Waals surface area (Å²) in [7, 11) is 0. The summed E-state index contributed by atoms with van der Waals surface area (Å²) >= 11 is 0. The standard InChI is InChI=1S/C14H14N2/c1-3-6-13(15-4-2)12-8-5-7-11-9-10-16-14(11)12/h3-10,16H,2H2,1H3/b6-3-,15-13?. The highest BCUT2D eigenvalue weighted by molar-refractivity contribution is 6.15. The second-order valence-corrected chi connectivity index (χ2v) is 3.44. The van der Waals surface area contributed by atoms with E-state index in [2.05, 4.69) is 34.8 Å². The van der Waals surface area contributed by atoms with E-state index in [0.29, 0.717) is 0 Å². The fourth-order valence-electron chi connectivity index (χ4n) is 1.76. The van der Waals surface area contributed by atoms with Crippen molar-refractivity contribution in [1.29, 1.82) is 0 Å². The third kappa shape index (κ3) is 1.82. The SMILES string of the molecule is C=CN=C(/C=C\C)c1cccc2cc[nH]c12. The molecule has 1 N–H and O–H groups in total. The van der Waals surface area contributed by atoms with E-state index in [-0.39, 0.29) is 0 Å². The van der Waals surface area contributed by atoms with Crippen LogP contribution in [-0.4, -0.2) is 10.7 Å². The minimum Gasteiger partial charge on any atom is -0.361 e. The number of benzene rings is 1. The summed E-state index contributed by atoms with van der Waals surface area (Å²) in [5, 5.41) is 1.19. The van der Waals surface area contributed by atoms with Gasteiger partial charge in [-0.25, -0.2) is 0 Å². The topological polar surface area (TPSA) is 28.1 Å². The molecule has 2 nitrogen and oxygen atoms in total. The highest BCUT2D eigenvalue weighted by atomic mass is 14.7. The average molecular weight is 210 g/mol. The molecule has 1 aromatic carbocycles. The van der Waals surface area contributed by atoms with Crippen LogP contribution in [0.5, 0.6) is 0 Å². The van der Waals surface area contributed by atoms with Gasteiger partial charge in [-0.3, -0.25) is 4.99 Å². The lowest BCUT2D eigenvalue weighted by Gasteiger charge is -2.02. The fourth-order valence-corrected chi connectivity index (χ4v) is 1.76. The predicted molar refractivity (Wildman–Crippen MR) is 69.8 cm³/mol. The van der Waals surface area contributed by atoms with Crippen molar-refractivity contribution in [3.05, 3.63) is 61.0 Å². The summed E-state index contributed by atoms with van der Waals surface area (Å²) in [5.41, 5.74) is 3.13. The van der Waals surface area contributed by atoms with Gasteiger partial charge in [0, 0.05) is 23.3 Å². The van der Waals surface area contributed by atoms with Gasteiger partial charge in [0.05, 0.1) is 11.2 Å². The number of hydrogen-bond acceptors (Lipinski definition) is 1. The van der Waals surface area contributed by atoms with E-state index >= 15 is 0 Å². The van der Waals surface area contributed by atoms with Crippen LogP contribution in [0.2, 0.25) is 0 Å². The molecule has 0 amide bonds. The number of nitrogens with one attached hydrogen (secondary N) is 1. The molecule has 0 fully saturated rings. The molecule has 0 spiro atoms. The minimum absolute atomic E-state index is 0.922. The minimum atomic E-state index is 0.922. The van der Waals surface area contributed by atoms with Crippen molar-refractivity contribution in [1.82, 2.24) is 4.98 Å². The second kappa shape index (κ2) is 4.62. The summed E-state index contributed by atoms with van der Waals surface area (Å²) < 4.78 is 0. The van der Waals surface area contributed by atoms with E-state index in [1.807, 2.05) is 31.3 Å². The first kappa shape index (κ1) is 10.4. The molecule has 2 aromatic rings. The number of hydrogen-bond donors (Lipinski definition) is 1. The maximum Gasteiger partial charge on any atom is 0.0719 e.